The van der Waals surface area contributed by atoms with Gasteiger partial charge in [0, 0.05) is 24.8 Å². The van der Waals surface area contributed by atoms with Crippen LogP contribution in [0.3, 0.4) is 0 Å². The van der Waals surface area contributed by atoms with Crippen LogP contribution in [-0.4, -0.2) is 38.2 Å². The van der Waals surface area contributed by atoms with Crippen molar-refractivity contribution in [2.24, 2.45) is 0 Å². The largest absolute Gasteiger partial charge is 0.351 e. The third kappa shape index (κ3) is 5.69. The van der Waals surface area contributed by atoms with Gasteiger partial charge in [-0.05, 0) is 73.2 Å². The lowest BCUT2D eigenvalue weighted by Gasteiger charge is -2.29. The van der Waals surface area contributed by atoms with Crippen LogP contribution in [0.25, 0.3) is 16.6 Å². The lowest BCUT2D eigenvalue weighted by Crippen LogP contribution is -2.37. The number of imide groups is 1. The number of nitrogens with zero attached hydrogens (tertiary/aromatic N) is 3. The molecule has 2 fully saturated rings. The van der Waals surface area contributed by atoms with Crippen LogP contribution in [0, 0.1) is 0 Å². The van der Waals surface area contributed by atoms with Gasteiger partial charge in [-0.25, -0.2) is 9.97 Å². The minimum atomic E-state index is -0.387. The van der Waals surface area contributed by atoms with Crippen LogP contribution < -0.4 is 16.0 Å². The Kier molecular flexibility index (Phi) is 6.98. The third-order valence-corrected chi connectivity index (χ3v) is 7.51. The van der Waals surface area contributed by atoms with Gasteiger partial charge in [-0.15, -0.1) is 11.3 Å². The molecule has 0 aromatic carbocycles. The molecule has 2 aliphatic rings. The fourth-order valence-electron chi connectivity index (χ4n) is 4.09. The number of anilines is 1. The lowest BCUT2D eigenvalue weighted by molar-refractivity contribution is -0.115. The average Bonchev–Trinajstić information content (AvgIpc) is 3.49. The monoisotopic (exact) mass is 492 g/mol. The number of thiophene rings is 1. The van der Waals surface area contributed by atoms with E-state index < -0.39 is 0 Å². The molecule has 34 heavy (non-hydrogen) atoms. The summed E-state index contributed by atoms with van der Waals surface area (Å²) in [5, 5.41) is 11.0. The first-order valence-electron chi connectivity index (χ1n) is 11.2. The second-order valence-corrected chi connectivity index (χ2v) is 10.2. The summed E-state index contributed by atoms with van der Waals surface area (Å²) in [6, 6.07) is 12.8. The van der Waals surface area contributed by atoms with E-state index >= 15 is 0 Å². The number of nitrogens with one attached hydrogen (secondary N) is 3. The van der Waals surface area contributed by atoms with Crippen LogP contribution in [0.5, 0.6) is 0 Å². The number of carbonyl (C=O) groups excluding carboxylic acids is 2. The molecular formula is C24H24N6O2S2. The average molecular weight is 493 g/mol. The van der Waals surface area contributed by atoms with Crippen LogP contribution >= 0.6 is 23.1 Å². The summed E-state index contributed by atoms with van der Waals surface area (Å²) < 4.78 is 0. The van der Waals surface area contributed by atoms with E-state index in [0.29, 0.717) is 28.6 Å². The number of carbonyl (C=O) groups is 2. The van der Waals surface area contributed by atoms with Gasteiger partial charge < -0.3 is 10.6 Å². The van der Waals surface area contributed by atoms with Gasteiger partial charge in [0.1, 0.15) is 0 Å². The van der Waals surface area contributed by atoms with Gasteiger partial charge in [-0.2, -0.15) is 0 Å². The number of aromatic nitrogens is 3. The van der Waals surface area contributed by atoms with Gasteiger partial charge in [0.25, 0.3) is 11.1 Å². The Balaban J connectivity index is 1.11. The Morgan fingerprint density at radius 2 is 1.88 bits per heavy atom. The number of hydrogen-bond acceptors (Lipinski definition) is 9. The quantitative estimate of drug-likeness (QED) is 0.416. The molecule has 3 N–H and O–H groups in total. The van der Waals surface area contributed by atoms with Gasteiger partial charge >= 0.3 is 0 Å². The Bertz CT molecular complexity index is 1210. The molecule has 1 saturated carbocycles. The van der Waals surface area contributed by atoms with E-state index in [4.69, 9.17) is 4.98 Å². The maximum atomic E-state index is 11.7. The first kappa shape index (κ1) is 22.7. The van der Waals surface area contributed by atoms with Crippen molar-refractivity contribution in [3.8, 4) is 10.6 Å². The van der Waals surface area contributed by atoms with E-state index in [-0.39, 0.29) is 11.1 Å². The highest BCUT2D eigenvalue weighted by molar-refractivity contribution is 8.18. The second kappa shape index (κ2) is 10.5. The number of pyridine rings is 1. The third-order valence-electron chi connectivity index (χ3n) is 5.81. The summed E-state index contributed by atoms with van der Waals surface area (Å²) >= 11 is 2.59. The van der Waals surface area contributed by atoms with Crippen LogP contribution in [0.1, 0.15) is 37.1 Å². The fraction of sp³-hybridized carbons (Fsp3) is 0.292. The molecule has 3 aromatic rings. The molecule has 4 heterocycles. The van der Waals surface area contributed by atoms with Gasteiger partial charge in [0.15, 0.2) is 0 Å². The number of amides is 2. The predicted octanol–water partition coefficient (Wildman–Crippen LogP) is 4.44. The maximum absolute atomic E-state index is 11.7. The molecule has 1 aliphatic heterocycles. The summed E-state index contributed by atoms with van der Waals surface area (Å²) in [5.41, 5.74) is 2.68. The topological polar surface area (TPSA) is 109 Å². The van der Waals surface area contributed by atoms with E-state index in [2.05, 4.69) is 55.6 Å². The van der Waals surface area contributed by atoms with Crippen LogP contribution in [0.15, 0.2) is 52.9 Å². The molecule has 0 bridgehead atoms. The van der Waals surface area contributed by atoms with Crippen molar-refractivity contribution in [3.63, 3.8) is 0 Å². The normalized spacial score (nSPS) is 21.6. The first-order chi connectivity index (χ1) is 16.6. The second-order valence-electron chi connectivity index (χ2n) is 8.22. The van der Waals surface area contributed by atoms with Gasteiger partial charge in [0.05, 0.1) is 26.9 Å². The highest BCUT2D eigenvalue weighted by Gasteiger charge is 2.25. The Morgan fingerprint density at radius 3 is 2.65 bits per heavy atom. The highest BCUT2D eigenvalue weighted by Crippen LogP contribution is 2.26. The molecule has 10 heteroatoms. The molecule has 174 valence electrons. The Morgan fingerprint density at radius 1 is 1.03 bits per heavy atom. The summed E-state index contributed by atoms with van der Waals surface area (Å²) in [6.07, 6.45) is 7.42. The van der Waals surface area contributed by atoms with Crippen molar-refractivity contribution in [2.75, 3.05) is 5.32 Å². The molecule has 2 amide bonds. The molecule has 5 rings (SSSR count). The Labute approximate surface area is 205 Å². The summed E-state index contributed by atoms with van der Waals surface area (Å²) in [5.74, 6) is 0.150. The van der Waals surface area contributed by atoms with Crippen molar-refractivity contribution < 1.29 is 9.59 Å². The summed E-state index contributed by atoms with van der Waals surface area (Å²) in [4.78, 5) is 38.2. The number of hydrogen-bond donors (Lipinski definition) is 3. The highest BCUT2D eigenvalue weighted by atomic mass is 32.2. The smallest absolute Gasteiger partial charge is 0.290 e. The summed E-state index contributed by atoms with van der Waals surface area (Å²) in [7, 11) is 0. The molecule has 1 saturated heterocycles. The van der Waals surface area contributed by atoms with E-state index in [1.165, 1.54) is 4.88 Å². The molecule has 1 aliphatic carbocycles. The number of thioether (sulfide) groups is 1. The van der Waals surface area contributed by atoms with Gasteiger partial charge in [-0.1, -0.05) is 12.1 Å². The van der Waals surface area contributed by atoms with Crippen LogP contribution in [0.4, 0.5) is 10.7 Å². The van der Waals surface area contributed by atoms with E-state index in [1.807, 2.05) is 6.07 Å². The van der Waals surface area contributed by atoms with E-state index in [1.54, 1.807) is 29.7 Å². The minimum Gasteiger partial charge on any atom is -0.351 e. The van der Waals surface area contributed by atoms with E-state index in [9.17, 15) is 9.59 Å². The van der Waals surface area contributed by atoms with Crippen molar-refractivity contribution in [1.82, 2.24) is 25.6 Å². The van der Waals surface area contributed by atoms with Crippen molar-refractivity contribution >= 4 is 46.3 Å². The zero-order valence-corrected chi connectivity index (χ0v) is 20.0. The first-order valence-corrected chi connectivity index (χ1v) is 12.9. The molecule has 0 radical (unpaired) electrons. The van der Waals surface area contributed by atoms with Crippen molar-refractivity contribution in [3.05, 3.63) is 64.3 Å². The molecular weight excluding hydrogens is 468 g/mol. The van der Waals surface area contributed by atoms with Crippen molar-refractivity contribution in [2.45, 2.75) is 44.3 Å². The standard InChI is InChI=1S/C24H24N6O2S2/c31-22-21(34-24(32)30-22)13-17-10-11-25-23(29-17)28-16-8-6-15(7-9-16)26-14-18-3-1-4-19(27-18)20-5-2-12-33-20/h1-5,10-13,15-16,26H,6-9,14H2,(H,25,28,29)(H,30,31,32). The molecule has 0 spiro atoms. The van der Waals surface area contributed by atoms with Gasteiger partial charge in [-0.3, -0.25) is 19.9 Å². The SMILES string of the molecule is O=C1NC(=O)C(=Cc2ccnc(NC3CCC(NCc4cccc(-c5cccs5)n4)CC3)n2)S1. The fourth-order valence-corrected chi connectivity index (χ4v) is 5.45. The van der Waals surface area contributed by atoms with Crippen molar-refractivity contribution in [1.29, 1.82) is 0 Å². The van der Waals surface area contributed by atoms with Crippen LogP contribution in [-0.2, 0) is 11.3 Å². The summed E-state index contributed by atoms with van der Waals surface area (Å²) in [6.45, 7) is 0.760. The van der Waals surface area contributed by atoms with E-state index in [0.717, 1.165) is 55.4 Å². The lowest BCUT2D eigenvalue weighted by atomic mass is 9.91. The minimum absolute atomic E-state index is 0.298. The molecule has 8 nitrogen and oxygen atoms in total. The number of rotatable bonds is 7. The molecule has 0 unspecified atom stereocenters. The zero-order chi connectivity index (χ0) is 23.3. The zero-order valence-electron chi connectivity index (χ0n) is 18.4. The predicted molar refractivity (Wildman–Crippen MR) is 135 cm³/mol. The van der Waals surface area contributed by atoms with Crippen LogP contribution in [0.2, 0.25) is 0 Å². The Hall–Kier alpha value is -3.08. The molecule has 3 aromatic heterocycles. The van der Waals surface area contributed by atoms with Gasteiger partial charge in [0.2, 0.25) is 5.95 Å². The molecule has 0 atom stereocenters. The maximum Gasteiger partial charge on any atom is 0.290 e.